The summed E-state index contributed by atoms with van der Waals surface area (Å²) >= 11 is 0. The van der Waals surface area contributed by atoms with Gasteiger partial charge in [-0.3, -0.25) is 9.12 Å². The molecule has 0 radical (unpaired) electrons. The third-order valence-electron chi connectivity index (χ3n) is 5.77. The lowest BCUT2D eigenvalue weighted by molar-refractivity contribution is 0.0247. The zero-order valence-corrected chi connectivity index (χ0v) is 18.9. The van der Waals surface area contributed by atoms with Crippen LogP contribution in [0, 0.1) is 0 Å². The first-order valence-corrected chi connectivity index (χ1v) is 12.0. The SMILES string of the molecule is CC(C)N(C)c1nc2c(N)nc([C@H]3CC[C@H](OCCCS(=O)(=O)O)CC3)nc2n1C. The Morgan fingerprint density at radius 3 is 2.50 bits per heavy atom. The summed E-state index contributed by atoms with van der Waals surface area (Å²) < 4.78 is 38.0. The van der Waals surface area contributed by atoms with Crippen molar-refractivity contribution in [2.24, 2.45) is 7.05 Å². The number of fused-ring (bicyclic) bond motifs is 1. The highest BCUT2D eigenvalue weighted by molar-refractivity contribution is 7.85. The fourth-order valence-corrected chi connectivity index (χ4v) is 4.28. The Morgan fingerprint density at radius 2 is 1.90 bits per heavy atom. The molecule has 0 unspecified atom stereocenters. The maximum atomic E-state index is 10.8. The van der Waals surface area contributed by atoms with Crippen molar-refractivity contribution in [2.75, 3.05) is 30.0 Å². The van der Waals surface area contributed by atoms with E-state index >= 15 is 0 Å². The van der Waals surface area contributed by atoms with Crippen LogP contribution in [0.25, 0.3) is 11.2 Å². The molecule has 3 rings (SSSR count). The van der Waals surface area contributed by atoms with E-state index in [0.29, 0.717) is 30.4 Å². The fourth-order valence-electron chi connectivity index (χ4n) is 3.80. The first-order valence-electron chi connectivity index (χ1n) is 10.4. The molecule has 2 aromatic heterocycles. The van der Waals surface area contributed by atoms with E-state index in [0.717, 1.165) is 43.1 Å². The molecule has 30 heavy (non-hydrogen) atoms. The van der Waals surface area contributed by atoms with Gasteiger partial charge in [-0.2, -0.15) is 8.42 Å². The predicted molar refractivity (Wildman–Crippen MR) is 116 cm³/mol. The highest BCUT2D eigenvalue weighted by atomic mass is 32.2. The van der Waals surface area contributed by atoms with Crippen LogP contribution in [0.15, 0.2) is 0 Å². The highest BCUT2D eigenvalue weighted by Gasteiger charge is 2.27. The molecule has 1 aliphatic rings. The van der Waals surface area contributed by atoms with Crippen LogP contribution in [-0.4, -0.2) is 64.0 Å². The number of nitrogens with zero attached hydrogens (tertiary/aromatic N) is 5. The minimum atomic E-state index is -3.92. The monoisotopic (exact) mass is 440 g/mol. The highest BCUT2D eigenvalue weighted by Crippen LogP contribution is 2.34. The summed E-state index contributed by atoms with van der Waals surface area (Å²) in [6, 6.07) is 0.293. The molecule has 0 bridgehead atoms. The molecule has 168 valence electrons. The van der Waals surface area contributed by atoms with Gasteiger partial charge in [0, 0.05) is 32.7 Å². The molecule has 0 spiro atoms. The Kier molecular flexibility index (Phi) is 6.83. The summed E-state index contributed by atoms with van der Waals surface area (Å²) in [5.41, 5.74) is 7.59. The number of rotatable bonds is 8. The van der Waals surface area contributed by atoms with Crippen molar-refractivity contribution < 1.29 is 17.7 Å². The molecule has 11 heteroatoms. The molecule has 0 atom stereocenters. The minimum absolute atomic E-state index is 0.0896. The lowest BCUT2D eigenvalue weighted by Gasteiger charge is -2.27. The number of ether oxygens (including phenoxy) is 1. The van der Waals surface area contributed by atoms with Crippen molar-refractivity contribution in [3.05, 3.63) is 5.82 Å². The van der Waals surface area contributed by atoms with Crippen molar-refractivity contribution in [2.45, 2.75) is 64.0 Å². The normalized spacial score (nSPS) is 20.2. The van der Waals surface area contributed by atoms with E-state index in [4.69, 9.17) is 20.0 Å². The van der Waals surface area contributed by atoms with Gasteiger partial charge in [0.15, 0.2) is 17.0 Å². The van der Waals surface area contributed by atoms with Gasteiger partial charge in [0.05, 0.1) is 11.9 Å². The molecule has 0 saturated heterocycles. The topological polar surface area (TPSA) is 136 Å². The molecule has 2 aromatic rings. The Morgan fingerprint density at radius 1 is 1.23 bits per heavy atom. The molecule has 2 heterocycles. The largest absolute Gasteiger partial charge is 0.382 e. The van der Waals surface area contributed by atoms with Crippen molar-refractivity contribution in [3.8, 4) is 0 Å². The van der Waals surface area contributed by atoms with Gasteiger partial charge in [0.1, 0.15) is 5.82 Å². The summed E-state index contributed by atoms with van der Waals surface area (Å²) in [5, 5.41) is 0. The molecular formula is C19H32N6O4S. The van der Waals surface area contributed by atoms with Gasteiger partial charge in [-0.1, -0.05) is 0 Å². The Hall–Kier alpha value is -1.98. The van der Waals surface area contributed by atoms with E-state index in [1.54, 1.807) is 0 Å². The predicted octanol–water partition coefficient (Wildman–Crippen LogP) is 2.11. The third-order valence-corrected chi connectivity index (χ3v) is 6.57. The second kappa shape index (κ2) is 9.03. The quantitative estimate of drug-likeness (QED) is 0.467. The van der Waals surface area contributed by atoms with Crippen LogP contribution in [0.1, 0.15) is 57.7 Å². The van der Waals surface area contributed by atoms with Crippen LogP contribution in [0.4, 0.5) is 11.8 Å². The molecule has 1 fully saturated rings. The number of aromatic nitrogens is 4. The standard InChI is InChI=1S/C19H32N6O4S/c1-12(2)24(3)19-21-15-16(20)22-17(23-18(15)25(19)4)13-6-8-14(9-7-13)29-10-5-11-30(26,27)28/h12-14H,5-11H2,1-4H3,(H2,20,22,23)(H,26,27,28)/t13-,14-. The van der Waals surface area contributed by atoms with E-state index in [-0.39, 0.29) is 17.8 Å². The molecule has 1 saturated carbocycles. The van der Waals surface area contributed by atoms with E-state index in [1.165, 1.54) is 0 Å². The number of nitrogen functional groups attached to an aromatic ring is 1. The number of nitrogens with two attached hydrogens (primary N) is 1. The van der Waals surface area contributed by atoms with Crippen LogP contribution >= 0.6 is 0 Å². The minimum Gasteiger partial charge on any atom is -0.382 e. The van der Waals surface area contributed by atoms with E-state index in [9.17, 15) is 8.42 Å². The number of hydrogen-bond acceptors (Lipinski definition) is 8. The van der Waals surface area contributed by atoms with Gasteiger partial charge in [-0.15, -0.1) is 0 Å². The molecule has 1 aliphatic carbocycles. The van der Waals surface area contributed by atoms with Crippen LogP contribution in [0.2, 0.25) is 0 Å². The molecule has 0 aliphatic heterocycles. The first-order chi connectivity index (χ1) is 14.1. The Labute approximate surface area is 177 Å². The number of anilines is 2. The average molecular weight is 441 g/mol. The maximum Gasteiger partial charge on any atom is 0.264 e. The number of imidazole rings is 1. The fraction of sp³-hybridized carbons (Fsp3) is 0.737. The van der Waals surface area contributed by atoms with Crippen molar-refractivity contribution in [1.82, 2.24) is 19.5 Å². The molecule has 0 amide bonds. The van der Waals surface area contributed by atoms with Crippen LogP contribution in [0.3, 0.4) is 0 Å². The lowest BCUT2D eigenvalue weighted by atomic mass is 9.86. The van der Waals surface area contributed by atoms with Gasteiger partial charge in [0.2, 0.25) is 5.95 Å². The van der Waals surface area contributed by atoms with E-state index in [1.807, 2.05) is 18.7 Å². The summed E-state index contributed by atoms with van der Waals surface area (Å²) in [5.74, 6) is 1.88. The second-order valence-corrected chi connectivity index (χ2v) is 9.87. The second-order valence-electron chi connectivity index (χ2n) is 8.30. The molecule has 10 nitrogen and oxygen atoms in total. The van der Waals surface area contributed by atoms with Crippen molar-refractivity contribution in [1.29, 1.82) is 0 Å². The zero-order valence-electron chi connectivity index (χ0n) is 18.1. The molecule has 0 aromatic carbocycles. The van der Waals surface area contributed by atoms with E-state index < -0.39 is 10.1 Å². The van der Waals surface area contributed by atoms with Gasteiger partial charge in [0.25, 0.3) is 10.1 Å². The molecule has 3 N–H and O–H groups in total. The van der Waals surface area contributed by atoms with Crippen molar-refractivity contribution in [3.63, 3.8) is 0 Å². The van der Waals surface area contributed by atoms with E-state index in [2.05, 4.69) is 28.7 Å². The summed E-state index contributed by atoms with van der Waals surface area (Å²) in [6.45, 7) is 4.53. The molecular weight excluding hydrogens is 408 g/mol. The lowest BCUT2D eigenvalue weighted by Crippen LogP contribution is -2.28. The van der Waals surface area contributed by atoms with Gasteiger partial charge in [-0.05, 0) is 46.0 Å². The van der Waals surface area contributed by atoms with Crippen LogP contribution < -0.4 is 10.6 Å². The van der Waals surface area contributed by atoms with Gasteiger partial charge < -0.3 is 15.4 Å². The number of aryl methyl sites for hydroxylation is 1. The van der Waals surface area contributed by atoms with Gasteiger partial charge in [-0.25, -0.2) is 15.0 Å². The summed E-state index contributed by atoms with van der Waals surface area (Å²) in [6.07, 6.45) is 3.85. The zero-order chi connectivity index (χ0) is 22.1. The maximum absolute atomic E-state index is 10.8. The van der Waals surface area contributed by atoms with Crippen molar-refractivity contribution >= 4 is 33.0 Å². The van der Waals surface area contributed by atoms with Gasteiger partial charge >= 0.3 is 0 Å². The number of hydrogen-bond donors (Lipinski definition) is 2. The Balaban J connectivity index is 1.66. The van der Waals surface area contributed by atoms with Crippen LogP contribution in [-0.2, 0) is 21.9 Å². The third kappa shape index (κ3) is 5.19. The Bertz CT molecular complexity index is 983. The summed E-state index contributed by atoms with van der Waals surface area (Å²) in [4.78, 5) is 16.1. The summed E-state index contributed by atoms with van der Waals surface area (Å²) in [7, 11) is 0.0106. The first kappa shape index (κ1) is 22.7. The van der Waals surface area contributed by atoms with Crippen LogP contribution in [0.5, 0.6) is 0 Å². The smallest absolute Gasteiger partial charge is 0.264 e. The average Bonchev–Trinajstić information content (AvgIpc) is 3.01.